The minimum atomic E-state index is -4.53. The van der Waals surface area contributed by atoms with Crippen molar-refractivity contribution in [2.75, 3.05) is 13.7 Å². The molecule has 1 fully saturated rings. The Morgan fingerprint density at radius 3 is 2.38 bits per heavy atom. The van der Waals surface area contributed by atoms with Gasteiger partial charge in [0, 0.05) is 42.2 Å². The van der Waals surface area contributed by atoms with E-state index >= 15 is 0 Å². The van der Waals surface area contributed by atoms with E-state index in [-0.39, 0.29) is 18.0 Å². The van der Waals surface area contributed by atoms with Crippen molar-refractivity contribution in [1.29, 1.82) is 0 Å². The molecule has 0 bridgehead atoms. The SMILES string of the molecule is COc1ncnc(C2CC2)c1-c1nc(CCc2ccc(-c3nc(C(F)(F)F)cn3C(C)C)cc2)c2c(n1)CCN(C(=O)OC(C)(C)C)C2. The minimum Gasteiger partial charge on any atom is -0.480 e. The number of methoxy groups -OCH3 is 1. The van der Waals surface area contributed by atoms with Gasteiger partial charge in [0.2, 0.25) is 5.88 Å². The summed E-state index contributed by atoms with van der Waals surface area (Å²) >= 11 is 0. The molecule has 0 spiro atoms. The van der Waals surface area contributed by atoms with E-state index in [9.17, 15) is 18.0 Å². The fraction of sp³-hybridized carbons (Fsp3) is 0.486. The minimum absolute atomic E-state index is 0.198. The first-order valence-electron chi connectivity index (χ1n) is 16.2. The number of hydrogen-bond donors (Lipinski definition) is 0. The summed E-state index contributed by atoms with van der Waals surface area (Å²) in [5, 5.41) is 0. The van der Waals surface area contributed by atoms with Gasteiger partial charge < -0.3 is 18.9 Å². The van der Waals surface area contributed by atoms with Gasteiger partial charge in [-0.25, -0.2) is 29.7 Å². The molecular weight excluding hydrogens is 623 g/mol. The van der Waals surface area contributed by atoms with Crippen LogP contribution in [0.2, 0.25) is 0 Å². The largest absolute Gasteiger partial charge is 0.480 e. The van der Waals surface area contributed by atoms with Crippen LogP contribution in [0.25, 0.3) is 22.8 Å². The number of halogens is 3. The average Bonchev–Trinajstić information content (AvgIpc) is 3.78. The molecule has 6 rings (SSSR count). The highest BCUT2D eigenvalue weighted by atomic mass is 19.4. The van der Waals surface area contributed by atoms with Crippen LogP contribution >= 0.6 is 0 Å². The number of hydrogen-bond acceptors (Lipinski definition) is 8. The van der Waals surface area contributed by atoms with Crippen LogP contribution in [-0.4, -0.2) is 59.7 Å². The number of fused-ring (bicyclic) bond motifs is 1. The fourth-order valence-corrected chi connectivity index (χ4v) is 5.92. The highest BCUT2D eigenvalue weighted by Gasteiger charge is 2.36. The van der Waals surface area contributed by atoms with Crippen LogP contribution in [0.5, 0.6) is 5.88 Å². The summed E-state index contributed by atoms with van der Waals surface area (Å²) in [5.74, 6) is 1.50. The Balaban J connectivity index is 1.32. The number of imidazole rings is 1. The van der Waals surface area contributed by atoms with E-state index < -0.39 is 17.5 Å². The monoisotopic (exact) mass is 663 g/mol. The summed E-state index contributed by atoms with van der Waals surface area (Å²) in [4.78, 5) is 37.7. The van der Waals surface area contributed by atoms with E-state index in [1.54, 1.807) is 28.7 Å². The molecule has 10 nitrogen and oxygen atoms in total. The van der Waals surface area contributed by atoms with Crippen LogP contribution in [0.1, 0.15) is 93.3 Å². The molecule has 3 aromatic heterocycles. The maximum absolute atomic E-state index is 13.5. The first-order valence-corrected chi connectivity index (χ1v) is 16.2. The molecule has 2 aliphatic rings. The van der Waals surface area contributed by atoms with Crippen molar-refractivity contribution < 1.29 is 27.4 Å². The van der Waals surface area contributed by atoms with Crippen molar-refractivity contribution in [3.63, 3.8) is 0 Å². The van der Waals surface area contributed by atoms with E-state index in [0.717, 1.165) is 47.2 Å². The third kappa shape index (κ3) is 7.14. The lowest BCUT2D eigenvalue weighted by Gasteiger charge is -2.32. The highest BCUT2D eigenvalue weighted by molar-refractivity contribution is 5.69. The summed E-state index contributed by atoms with van der Waals surface area (Å²) in [7, 11) is 1.57. The smallest absolute Gasteiger partial charge is 0.434 e. The normalized spacial score (nSPS) is 15.1. The first kappa shape index (κ1) is 33.4. The molecule has 254 valence electrons. The Morgan fingerprint density at radius 1 is 1.02 bits per heavy atom. The Bertz CT molecular complexity index is 1810. The number of ether oxygens (including phenoxy) is 2. The van der Waals surface area contributed by atoms with Gasteiger partial charge in [0.25, 0.3) is 0 Å². The zero-order valence-corrected chi connectivity index (χ0v) is 28.1. The van der Waals surface area contributed by atoms with E-state index in [1.807, 2.05) is 46.8 Å². The molecule has 0 radical (unpaired) electrons. The van der Waals surface area contributed by atoms with Crippen molar-refractivity contribution >= 4 is 6.09 Å². The number of alkyl halides is 3. The summed E-state index contributed by atoms with van der Waals surface area (Å²) < 4.78 is 53.2. The van der Waals surface area contributed by atoms with Gasteiger partial charge in [-0.05, 0) is 65.9 Å². The number of rotatable bonds is 8. The molecule has 0 unspecified atom stereocenters. The third-order valence-corrected chi connectivity index (χ3v) is 8.46. The number of carbonyl (C=O) groups is 1. The number of benzene rings is 1. The molecule has 1 aliphatic heterocycles. The van der Waals surface area contributed by atoms with Gasteiger partial charge in [-0.2, -0.15) is 13.2 Å². The van der Waals surface area contributed by atoms with Gasteiger partial charge in [-0.3, -0.25) is 0 Å². The Morgan fingerprint density at radius 2 is 1.75 bits per heavy atom. The van der Waals surface area contributed by atoms with E-state index in [2.05, 4.69) is 15.0 Å². The Labute approximate surface area is 277 Å². The number of nitrogens with zero attached hydrogens (tertiary/aromatic N) is 7. The molecule has 13 heteroatoms. The van der Waals surface area contributed by atoms with Crippen LogP contribution in [-0.2, 0) is 36.7 Å². The van der Waals surface area contributed by atoms with Crippen molar-refractivity contribution in [1.82, 2.24) is 34.4 Å². The van der Waals surface area contributed by atoms with E-state index in [4.69, 9.17) is 19.4 Å². The maximum atomic E-state index is 13.5. The number of aromatic nitrogens is 6. The molecule has 1 aromatic carbocycles. The first-order chi connectivity index (χ1) is 22.7. The third-order valence-electron chi connectivity index (χ3n) is 8.46. The molecule has 0 atom stereocenters. The van der Waals surface area contributed by atoms with Crippen LogP contribution < -0.4 is 4.74 Å². The molecule has 1 amide bonds. The number of amides is 1. The van der Waals surface area contributed by atoms with Crippen molar-refractivity contribution in [2.45, 2.75) is 97.0 Å². The number of aryl methyl sites for hydroxylation is 2. The Hall–Kier alpha value is -4.55. The molecule has 4 aromatic rings. The molecule has 0 saturated heterocycles. The van der Waals surface area contributed by atoms with Gasteiger partial charge >= 0.3 is 12.3 Å². The van der Waals surface area contributed by atoms with Gasteiger partial charge in [-0.1, -0.05) is 24.3 Å². The summed E-state index contributed by atoms with van der Waals surface area (Å²) in [5.41, 5.74) is 4.15. The molecule has 0 N–H and O–H groups in total. The van der Waals surface area contributed by atoms with Gasteiger partial charge in [0.05, 0.1) is 30.7 Å². The van der Waals surface area contributed by atoms with E-state index in [1.165, 1.54) is 6.33 Å². The Kier molecular flexibility index (Phi) is 8.90. The van der Waals surface area contributed by atoms with Crippen LogP contribution in [0.4, 0.5) is 18.0 Å². The van der Waals surface area contributed by atoms with Crippen LogP contribution in [0.3, 0.4) is 0 Å². The second kappa shape index (κ2) is 12.8. The lowest BCUT2D eigenvalue weighted by molar-refractivity contribution is -0.140. The highest BCUT2D eigenvalue weighted by Crippen LogP contribution is 2.45. The van der Waals surface area contributed by atoms with Crippen molar-refractivity contribution in [2.24, 2.45) is 0 Å². The second-order valence-electron chi connectivity index (χ2n) is 13.6. The predicted molar refractivity (Wildman–Crippen MR) is 172 cm³/mol. The van der Waals surface area contributed by atoms with Crippen LogP contribution in [0, 0.1) is 0 Å². The molecule has 1 saturated carbocycles. The second-order valence-corrected chi connectivity index (χ2v) is 13.6. The molecule has 48 heavy (non-hydrogen) atoms. The lowest BCUT2D eigenvalue weighted by atomic mass is 9.98. The topological polar surface area (TPSA) is 108 Å². The van der Waals surface area contributed by atoms with Gasteiger partial charge in [0.1, 0.15) is 23.3 Å². The summed E-state index contributed by atoms with van der Waals surface area (Å²) in [6.45, 7) is 9.94. The van der Waals surface area contributed by atoms with Crippen LogP contribution in [0.15, 0.2) is 36.8 Å². The van der Waals surface area contributed by atoms with Gasteiger partial charge in [-0.15, -0.1) is 0 Å². The zero-order chi connectivity index (χ0) is 34.4. The zero-order valence-electron chi connectivity index (χ0n) is 28.1. The standard InChI is InChI=1S/C35H40F3N7O3/c1-20(2)45-18-27(35(36,37)38)43-31(45)23-10-7-21(8-11-23)9-14-25-24-17-44(33(46)48-34(3,4)5)16-15-26(24)42-30(41-25)28-29(22-12-13-22)39-19-40-32(28)47-6/h7-8,10-11,18-20,22H,9,12-17H2,1-6H3. The molecule has 4 heterocycles. The lowest BCUT2D eigenvalue weighted by Crippen LogP contribution is -2.40. The molecular formula is C35H40F3N7O3. The van der Waals surface area contributed by atoms with Crippen molar-refractivity contribution in [3.05, 3.63) is 70.7 Å². The quantitative estimate of drug-likeness (QED) is 0.193. The maximum Gasteiger partial charge on any atom is 0.434 e. The molecule has 1 aliphatic carbocycles. The predicted octanol–water partition coefficient (Wildman–Crippen LogP) is 7.36. The van der Waals surface area contributed by atoms with E-state index in [0.29, 0.717) is 61.1 Å². The van der Waals surface area contributed by atoms with Gasteiger partial charge in [0.15, 0.2) is 11.5 Å². The fourth-order valence-electron chi connectivity index (χ4n) is 5.92. The van der Waals surface area contributed by atoms with Crippen molar-refractivity contribution in [3.8, 4) is 28.7 Å². The summed E-state index contributed by atoms with van der Waals surface area (Å²) in [6, 6.07) is 7.22. The average molecular weight is 664 g/mol. The summed E-state index contributed by atoms with van der Waals surface area (Å²) in [6.07, 6.45) is 1.37. The number of carbonyl (C=O) groups excluding carboxylic acids is 1.